The second-order valence-electron chi connectivity index (χ2n) is 4.61. The van der Waals surface area contributed by atoms with Gasteiger partial charge >= 0.3 is 5.97 Å². The van der Waals surface area contributed by atoms with Crippen LogP contribution < -0.4 is 0 Å². The largest absolute Gasteiger partial charge is 0.468 e. The van der Waals surface area contributed by atoms with Gasteiger partial charge < -0.3 is 9.53 Å². The van der Waals surface area contributed by atoms with Crippen LogP contribution in [0, 0.1) is 11.3 Å². The highest BCUT2D eigenvalue weighted by atomic mass is 79.9. The van der Waals surface area contributed by atoms with Crippen LogP contribution in [-0.2, 0) is 19.1 Å². The molecule has 0 amide bonds. The minimum Gasteiger partial charge on any atom is -0.468 e. The summed E-state index contributed by atoms with van der Waals surface area (Å²) in [5.41, 5.74) is -0.550. The third-order valence-electron chi connectivity index (χ3n) is 3.75. The van der Waals surface area contributed by atoms with Crippen LogP contribution in [0.5, 0.6) is 0 Å². The molecule has 1 aliphatic carbocycles. The number of halogens is 1. The maximum Gasteiger partial charge on any atom is 0.320 e. The summed E-state index contributed by atoms with van der Waals surface area (Å²) in [5.74, 6) is -2.03. The van der Waals surface area contributed by atoms with E-state index in [1.807, 2.05) is 12.1 Å². The Labute approximate surface area is 119 Å². The topological polar surface area (TPSA) is 60.4 Å². The lowest BCUT2D eigenvalue weighted by Crippen LogP contribution is -2.29. The number of hydrogen-bond donors (Lipinski definition) is 0. The molecule has 0 heterocycles. The average Bonchev–Trinajstić information content (AvgIpc) is 3.09. The van der Waals surface area contributed by atoms with Gasteiger partial charge in [0, 0.05) is 16.3 Å². The zero-order valence-corrected chi connectivity index (χ0v) is 12.1. The van der Waals surface area contributed by atoms with Crippen molar-refractivity contribution in [3.63, 3.8) is 0 Å². The molecule has 1 saturated carbocycles. The Bertz CT molecular complexity index is 537. The number of hydrogen-bond acceptors (Lipinski definition) is 4. The average molecular weight is 325 g/mol. The van der Waals surface area contributed by atoms with Crippen LogP contribution in [0.1, 0.15) is 18.4 Å². The summed E-state index contributed by atoms with van der Waals surface area (Å²) in [4.78, 5) is 35.0. The second kappa shape index (κ2) is 4.89. The first kappa shape index (κ1) is 13.9. The van der Waals surface area contributed by atoms with Crippen molar-refractivity contribution in [3.8, 4) is 0 Å². The summed E-state index contributed by atoms with van der Waals surface area (Å²) in [6, 6.07) is 7.24. The Morgan fingerprint density at radius 2 is 1.89 bits per heavy atom. The van der Waals surface area contributed by atoms with E-state index in [1.165, 1.54) is 14.0 Å². The molecule has 0 aromatic heterocycles. The van der Waals surface area contributed by atoms with Crippen molar-refractivity contribution >= 4 is 34.0 Å². The summed E-state index contributed by atoms with van der Waals surface area (Å²) in [6.07, 6.45) is 0.672. The van der Waals surface area contributed by atoms with Crippen molar-refractivity contribution < 1.29 is 19.1 Å². The Hall–Kier alpha value is -1.49. The van der Waals surface area contributed by atoms with Crippen LogP contribution in [0.2, 0.25) is 0 Å². The number of ketones is 1. The molecule has 100 valence electrons. The van der Waals surface area contributed by atoms with Crippen molar-refractivity contribution in [1.29, 1.82) is 0 Å². The molecule has 4 nitrogen and oxygen atoms in total. The Morgan fingerprint density at radius 3 is 2.32 bits per heavy atom. The third kappa shape index (κ3) is 1.92. The minimum absolute atomic E-state index is 0.329. The maximum atomic E-state index is 11.9. The van der Waals surface area contributed by atoms with E-state index in [2.05, 4.69) is 15.9 Å². The predicted molar refractivity (Wildman–Crippen MR) is 71.6 cm³/mol. The summed E-state index contributed by atoms with van der Waals surface area (Å²) < 4.78 is 5.61. The fourth-order valence-electron chi connectivity index (χ4n) is 2.77. The van der Waals surface area contributed by atoms with Gasteiger partial charge in [0.05, 0.1) is 7.11 Å². The first-order valence-corrected chi connectivity index (χ1v) is 6.59. The Morgan fingerprint density at radius 1 is 1.32 bits per heavy atom. The molecule has 0 saturated heterocycles. The van der Waals surface area contributed by atoms with Gasteiger partial charge in [-0.3, -0.25) is 9.59 Å². The quantitative estimate of drug-likeness (QED) is 0.483. The van der Waals surface area contributed by atoms with Crippen LogP contribution in [0.4, 0.5) is 0 Å². The van der Waals surface area contributed by atoms with Gasteiger partial charge in [-0.05, 0) is 24.6 Å². The first-order chi connectivity index (χ1) is 8.99. The molecule has 1 fully saturated rings. The molecule has 3 atom stereocenters. The van der Waals surface area contributed by atoms with E-state index >= 15 is 0 Å². The molecule has 0 bridgehead atoms. The number of aldehydes is 1. The first-order valence-electron chi connectivity index (χ1n) is 5.80. The molecular formula is C14H13BrO4. The van der Waals surface area contributed by atoms with Crippen molar-refractivity contribution in [2.24, 2.45) is 11.3 Å². The minimum atomic E-state index is -1.34. The molecule has 19 heavy (non-hydrogen) atoms. The predicted octanol–water partition coefficient (Wildman–Crippen LogP) is 2.11. The van der Waals surface area contributed by atoms with Crippen LogP contribution in [0.15, 0.2) is 28.7 Å². The van der Waals surface area contributed by atoms with Gasteiger partial charge in [0.1, 0.15) is 17.5 Å². The molecule has 1 aliphatic rings. The smallest absolute Gasteiger partial charge is 0.320 e. The molecule has 5 heteroatoms. The lowest BCUT2D eigenvalue weighted by atomic mass is 9.94. The van der Waals surface area contributed by atoms with Gasteiger partial charge in [-0.1, -0.05) is 28.1 Å². The number of carbonyl (C=O) groups is 3. The molecule has 1 aromatic carbocycles. The highest BCUT2D eigenvalue weighted by molar-refractivity contribution is 9.10. The molecule has 1 aromatic rings. The summed E-state index contributed by atoms with van der Waals surface area (Å²) >= 11 is 3.32. The maximum absolute atomic E-state index is 11.9. The van der Waals surface area contributed by atoms with E-state index in [0.29, 0.717) is 6.29 Å². The van der Waals surface area contributed by atoms with Crippen molar-refractivity contribution in [3.05, 3.63) is 34.3 Å². The van der Waals surface area contributed by atoms with Crippen LogP contribution in [0.25, 0.3) is 0 Å². The number of rotatable bonds is 4. The van der Waals surface area contributed by atoms with Gasteiger partial charge in [-0.15, -0.1) is 0 Å². The van der Waals surface area contributed by atoms with Crippen molar-refractivity contribution in [2.75, 3.05) is 7.11 Å². The number of benzene rings is 1. The molecular weight excluding hydrogens is 312 g/mol. The van der Waals surface area contributed by atoms with Gasteiger partial charge in [-0.25, -0.2) is 0 Å². The zero-order valence-electron chi connectivity index (χ0n) is 10.6. The van der Waals surface area contributed by atoms with E-state index in [9.17, 15) is 14.4 Å². The van der Waals surface area contributed by atoms with Crippen molar-refractivity contribution in [2.45, 2.75) is 12.8 Å². The van der Waals surface area contributed by atoms with Gasteiger partial charge in [0.25, 0.3) is 0 Å². The normalized spacial score (nSPS) is 28.6. The highest BCUT2D eigenvalue weighted by Gasteiger charge is 2.74. The summed E-state index contributed by atoms with van der Waals surface area (Å²) in [5, 5.41) is 0. The molecule has 2 rings (SSSR count). The summed E-state index contributed by atoms with van der Waals surface area (Å²) in [7, 11) is 1.23. The number of carbonyl (C=O) groups excluding carboxylic acids is 3. The van der Waals surface area contributed by atoms with E-state index in [1.54, 1.807) is 12.1 Å². The Balaban J connectivity index is 2.46. The van der Waals surface area contributed by atoms with E-state index in [-0.39, 0.29) is 5.78 Å². The fourth-order valence-corrected chi connectivity index (χ4v) is 3.03. The lowest BCUT2D eigenvalue weighted by Gasteiger charge is -2.11. The lowest BCUT2D eigenvalue weighted by molar-refractivity contribution is -0.152. The van der Waals surface area contributed by atoms with E-state index in [0.717, 1.165) is 10.0 Å². The van der Waals surface area contributed by atoms with Gasteiger partial charge in [0.2, 0.25) is 0 Å². The van der Waals surface area contributed by atoms with Crippen LogP contribution in [0.3, 0.4) is 0 Å². The number of Topliss-reactive ketones (excluding diaryl/α,β-unsaturated/α-hetero) is 1. The number of esters is 1. The highest BCUT2D eigenvalue weighted by Crippen LogP contribution is 2.65. The monoisotopic (exact) mass is 324 g/mol. The SMILES string of the molecule is COC(=O)[C@]1(C(C)=O)[C@H](C=O)[C@H]1c1ccc(Br)cc1. The van der Waals surface area contributed by atoms with Crippen LogP contribution >= 0.6 is 15.9 Å². The van der Waals surface area contributed by atoms with Crippen molar-refractivity contribution in [1.82, 2.24) is 0 Å². The fraction of sp³-hybridized carbons (Fsp3) is 0.357. The summed E-state index contributed by atoms with van der Waals surface area (Å²) in [6.45, 7) is 1.33. The molecule has 0 unspecified atom stereocenters. The van der Waals surface area contributed by atoms with Gasteiger partial charge in [0.15, 0.2) is 0 Å². The molecule has 0 N–H and O–H groups in total. The number of ether oxygens (including phenoxy) is 1. The van der Waals surface area contributed by atoms with E-state index in [4.69, 9.17) is 4.74 Å². The second-order valence-corrected chi connectivity index (χ2v) is 5.52. The Kier molecular flexibility index (Phi) is 3.58. The molecule has 0 aliphatic heterocycles. The zero-order chi connectivity index (χ0) is 14.2. The molecule has 0 spiro atoms. The third-order valence-corrected chi connectivity index (χ3v) is 4.28. The van der Waals surface area contributed by atoms with Crippen LogP contribution in [-0.4, -0.2) is 25.1 Å². The molecule has 0 radical (unpaired) electrons. The number of methoxy groups -OCH3 is 1. The van der Waals surface area contributed by atoms with Gasteiger partial charge in [-0.2, -0.15) is 0 Å². The van der Waals surface area contributed by atoms with E-state index < -0.39 is 23.2 Å². The standard InChI is InChI=1S/C14H13BrO4/c1-8(17)14(13(18)19-2)11(7-16)12(14)9-3-5-10(15)6-4-9/h3-7,11-12H,1-2H3/t11-,12-,14-/m1/s1.